The van der Waals surface area contributed by atoms with Crippen molar-refractivity contribution in [2.24, 2.45) is 5.41 Å². The van der Waals surface area contributed by atoms with Gasteiger partial charge in [-0.25, -0.2) is 4.98 Å². The average molecular weight is 458 g/mol. The first-order valence-corrected chi connectivity index (χ1v) is 12.0. The number of hydrogen-bond donors (Lipinski definition) is 1. The van der Waals surface area contributed by atoms with Crippen molar-refractivity contribution in [2.75, 3.05) is 37.7 Å². The van der Waals surface area contributed by atoms with Gasteiger partial charge in [-0.15, -0.1) is 6.42 Å². The Bertz CT molecular complexity index is 1260. The number of H-pyrrole nitrogens is 1. The highest BCUT2D eigenvalue weighted by Crippen LogP contribution is 2.45. The largest absolute Gasteiger partial charge is 0.462 e. The summed E-state index contributed by atoms with van der Waals surface area (Å²) in [5.74, 6) is 3.83. The molecule has 0 aromatic carbocycles. The molecule has 0 unspecified atom stereocenters. The van der Waals surface area contributed by atoms with Crippen LogP contribution in [0.1, 0.15) is 54.2 Å². The van der Waals surface area contributed by atoms with E-state index in [1.807, 2.05) is 11.0 Å². The molecule has 0 bridgehead atoms. The van der Waals surface area contributed by atoms with Crippen LogP contribution >= 0.6 is 0 Å². The van der Waals surface area contributed by atoms with Gasteiger partial charge < -0.3 is 14.5 Å². The molecule has 9 nitrogen and oxygen atoms in total. The van der Waals surface area contributed by atoms with Crippen molar-refractivity contribution in [3.05, 3.63) is 35.8 Å². The molecule has 3 aliphatic rings. The number of pyridine rings is 1. The van der Waals surface area contributed by atoms with E-state index < -0.39 is 0 Å². The lowest BCUT2D eigenvalue weighted by molar-refractivity contribution is 0.0644. The molecule has 9 heteroatoms. The molecule has 1 aliphatic carbocycles. The number of likely N-dealkylation sites (tertiary alicyclic amines) is 1. The Labute approximate surface area is 197 Å². The number of fused-ring (bicyclic) bond motifs is 1. The number of carbonyl (C=O) groups is 1. The number of aromatic nitrogens is 5. The topological polar surface area (TPSA) is 100 Å². The molecule has 2 saturated heterocycles. The minimum absolute atomic E-state index is 0.0665. The number of anilines is 1. The zero-order valence-corrected chi connectivity index (χ0v) is 19.0. The SMILES string of the molecule is C#CC1(COc2nc(C(=O)N3CCC3)cc(N3CCC(c4n[nH]c5ncccc45)CC3)n2)CC1. The van der Waals surface area contributed by atoms with E-state index in [0.29, 0.717) is 18.2 Å². The first kappa shape index (κ1) is 20.9. The highest BCUT2D eigenvalue weighted by molar-refractivity contribution is 5.93. The van der Waals surface area contributed by atoms with Gasteiger partial charge in [0.05, 0.1) is 11.1 Å². The highest BCUT2D eigenvalue weighted by Gasteiger charge is 2.42. The number of carbonyl (C=O) groups excluding carboxylic acids is 1. The van der Waals surface area contributed by atoms with Crippen LogP contribution in [0.5, 0.6) is 6.01 Å². The first-order chi connectivity index (χ1) is 16.6. The van der Waals surface area contributed by atoms with Crippen LogP contribution in [0.3, 0.4) is 0 Å². The Morgan fingerprint density at radius 2 is 2.06 bits per heavy atom. The summed E-state index contributed by atoms with van der Waals surface area (Å²) in [4.78, 5) is 30.4. The molecular formula is C25H27N7O2. The molecule has 34 heavy (non-hydrogen) atoms. The predicted octanol–water partition coefficient (Wildman–Crippen LogP) is 2.77. The summed E-state index contributed by atoms with van der Waals surface area (Å²) in [6.45, 7) is 3.54. The molecule has 0 atom stereocenters. The van der Waals surface area contributed by atoms with Gasteiger partial charge in [-0.3, -0.25) is 9.89 Å². The molecule has 3 fully saturated rings. The number of rotatable bonds is 6. The standard InChI is InChI=1S/C25H27N7O2/c1-2-25(8-9-25)16-34-24-27-19(23(33)32-11-4-12-32)15-20(28-24)31-13-6-17(7-14-31)21-18-5-3-10-26-22(18)30-29-21/h1,3,5,10,15,17H,4,6-9,11-14,16H2,(H,26,29,30). The second kappa shape index (κ2) is 8.28. The van der Waals surface area contributed by atoms with Crippen molar-refractivity contribution in [1.82, 2.24) is 30.0 Å². The number of terminal acetylenes is 1. The van der Waals surface area contributed by atoms with Crippen molar-refractivity contribution in [2.45, 2.75) is 38.0 Å². The summed E-state index contributed by atoms with van der Waals surface area (Å²) in [5, 5.41) is 8.68. The maximum absolute atomic E-state index is 12.9. The maximum atomic E-state index is 12.9. The smallest absolute Gasteiger partial charge is 0.319 e. The zero-order chi connectivity index (χ0) is 23.1. The molecule has 1 N–H and O–H groups in total. The molecule has 5 heterocycles. The van der Waals surface area contributed by atoms with Gasteiger partial charge in [-0.05, 0) is 44.2 Å². The third kappa shape index (κ3) is 3.83. The second-order valence-electron chi connectivity index (χ2n) is 9.52. The summed E-state index contributed by atoms with van der Waals surface area (Å²) in [7, 11) is 0. The van der Waals surface area contributed by atoms with Crippen molar-refractivity contribution in [3.8, 4) is 18.4 Å². The number of amides is 1. The van der Waals surface area contributed by atoms with Crippen LogP contribution in [0, 0.1) is 17.8 Å². The summed E-state index contributed by atoms with van der Waals surface area (Å²) >= 11 is 0. The van der Waals surface area contributed by atoms with E-state index in [2.05, 4.69) is 42.0 Å². The molecule has 3 aromatic rings. The van der Waals surface area contributed by atoms with Crippen LogP contribution in [-0.2, 0) is 0 Å². The van der Waals surface area contributed by atoms with Gasteiger partial charge in [0, 0.05) is 49.7 Å². The van der Waals surface area contributed by atoms with Crippen LogP contribution < -0.4 is 9.64 Å². The first-order valence-electron chi connectivity index (χ1n) is 12.0. The van der Waals surface area contributed by atoms with Crippen LogP contribution in [0.15, 0.2) is 24.4 Å². The van der Waals surface area contributed by atoms with Crippen molar-refractivity contribution < 1.29 is 9.53 Å². The monoisotopic (exact) mass is 457 g/mol. The number of nitrogens with one attached hydrogen (secondary N) is 1. The van der Waals surface area contributed by atoms with Crippen LogP contribution in [-0.4, -0.2) is 68.7 Å². The molecular weight excluding hydrogens is 430 g/mol. The van der Waals surface area contributed by atoms with Gasteiger partial charge in [0.1, 0.15) is 18.1 Å². The van der Waals surface area contributed by atoms with Crippen LogP contribution in [0.2, 0.25) is 0 Å². The number of ether oxygens (including phenoxy) is 1. The Kier molecular flexibility index (Phi) is 5.09. The van der Waals surface area contributed by atoms with Gasteiger partial charge in [0.15, 0.2) is 5.65 Å². The molecule has 3 aromatic heterocycles. The lowest BCUT2D eigenvalue weighted by Crippen LogP contribution is -2.42. The normalized spacial score (nSPS) is 19.5. The summed E-state index contributed by atoms with van der Waals surface area (Å²) in [6.07, 6.45) is 12.2. The Morgan fingerprint density at radius 1 is 1.24 bits per heavy atom. The third-order valence-corrected chi connectivity index (χ3v) is 7.26. The van der Waals surface area contributed by atoms with E-state index in [-0.39, 0.29) is 17.3 Å². The number of hydrogen-bond acceptors (Lipinski definition) is 7. The average Bonchev–Trinajstić information content (AvgIpc) is 3.51. The minimum atomic E-state index is -0.208. The Morgan fingerprint density at radius 3 is 2.76 bits per heavy atom. The number of aromatic amines is 1. The summed E-state index contributed by atoms with van der Waals surface area (Å²) < 4.78 is 5.92. The van der Waals surface area contributed by atoms with Crippen molar-refractivity contribution in [3.63, 3.8) is 0 Å². The van der Waals surface area contributed by atoms with E-state index in [1.165, 1.54) is 0 Å². The van der Waals surface area contributed by atoms with Gasteiger partial charge >= 0.3 is 6.01 Å². The van der Waals surface area contributed by atoms with E-state index in [1.54, 1.807) is 12.3 Å². The minimum Gasteiger partial charge on any atom is -0.462 e. The zero-order valence-electron chi connectivity index (χ0n) is 19.0. The molecule has 1 saturated carbocycles. The second-order valence-corrected chi connectivity index (χ2v) is 9.52. The van der Waals surface area contributed by atoms with Gasteiger partial charge in [-0.2, -0.15) is 15.1 Å². The van der Waals surface area contributed by atoms with Gasteiger partial charge in [-0.1, -0.05) is 5.92 Å². The lowest BCUT2D eigenvalue weighted by atomic mass is 9.92. The quantitative estimate of drug-likeness (QED) is 0.568. The Balaban J connectivity index is 1.21. The molecule has 0 spiro atoms. The molecule has 174 valence electrons. The number of piperidine rings is 1. The molecule has 6 rings (SSSR count). The van der Waals surface area contributed by atoms with E-state index >= 15 is 0 Å². The third-order valence-electron chi connectivity index (χ3n) is 7.26. The van der Waals surface area contributed by atoms with Gasteiger partial charge in [0.2, 0.25) is 0 Å². The fourth-order valence-electron chi connectivity index (χ4n) is 4.68. The highest BCUT2D eigenvalue weighted by atomic mass is 16.5. The van der Waals surface area contributed by atoms with E-state index in [0.717, 1.165) is 80.8 Å². The van der Waals surface area contributed by atoms with E-state index in [9.17, 15) is 4.79 Å². The fourth-order valence-corrected chi connectivity index (χ4v) is 4.68. The fraction of sp³-hybridized carbons (Fsp3) is 0.480. The lowest BCUT2D eigenvalue weighted by Gasteiger charge is -2.33. The maximum Gasteiger partial charge on any atom is 0.319 e. The number of nitrogens with zero attached hydrogens (tertiary/aromatic N) is 6. The molecule has 1 amide bonds. The molecule has 2 aliphatic heterocycles. The van der Waals surface area contributed by atoms with Crippen molar-refractivity contribution >= 4 is 22.8 Å². The van der Waals surface area contributed by atoms with E-state index in [4.69, 9.17) is 11.2 Å². The Hall–Kier alpha value is -3.67. The van der Waals surface area contributed by atoms with Crippen molar-refractivity contribution in [1.29, 1.82) is 0 Å². The van der Waals surface area contributed by atoms with Gasteiger partial charge in [0.25, 0.3) is 5.91 Å². The van der Waals surface area contributed by atoms with Crippen LogP contribution in [0.25, 0.3) is 11.0 Å². The predicted molar refractivity (Wildman–Crippen MR) is 127 cm³/mol. The molecule has 0 radical (unpaired) electrons. The summed E-state index contributed by atoms with van der Waals surface area (Å²) in [5.41, 5.74) is 2.08. The van der Waals surface area contributed by atoms with Crippen LogP contribution in [0.4, 0.5) is 5.82 Å². The summed E-state index contributed by atoms with van der Waals surface area (Å²) in [6, 6.07) is 6.05.